The van der Waals surface area contributed by atoms with Crippen LogP contribution in [0.5, 0.6) is 0 Å². The number of hydrogen-bond donors (Lipinski definition) is 0. The standard InChI is InChI=1S/C5H4P/c1-2-4-6-5-3-1/h1-4H/q+1. The van der Waals surface area contributed by atoms with E-state index in [1.165, 1.54) is 8.19 Å². The normalized spacial score (nSPS) is 6.67. The van der Waals surface area contributed by atoms with Crippen LogP contribution in [0.25, 0.3) is 0 Å². The first-order valence-corrected chi connectivity index (χ1v) is 2.73. The summed E-state index contributed by atoms with van der Waals surface area (Å²) in [5.41, 5.74) is 0. The van der Waals surface area contributed by atoms with Crippen molar-refractivity contribution in [2.45, 2.75) is 0 Å². The molecule has 1 rings (SSSR count). The van der Waals surface area contributed by atoms with Gasteiger partial charge in [0.1, 0.15) is 0 Å². The van der Waals surface area contributed by atoms with Crippen LogP contribution in [-0.4, -0.2) is 0 Å². The summed E-state index contributed by atoms with van der Waals surface area (Å²) in [4.78, 5) is 0. The Hall–Kier alpha value is -0.310. The van der Waals surface area contributed by atoms with Crippen molar-refractivity contribution in [3.05, 3.63) is 29.8 Å². The molecule has 0 saturated carbocycles. The molecule has 0 fully saturated rings. The molecule has 0 N–H and O–H groups in total. The molecule has 1 aromatic heterocycles. The van der Waals surface area contributed by atoms with E-state index in [0.717, 1.165) is 0 Å². The summed E-state index contributed by atoms with van der Waals surface area (Å²) in [6, 6.07) is 5.90. The van der Waals surface area contributed by atoms with Gasteiger partial charge < -0.3 is 0 Å². The third kappa shape index (κ3) is 0.825. The summed E-state index contributed by atoms with van der Waals surface area (Å²) in [6.07, 6.45) is 0. The van der Waals surface area contributed by atoms with Crippen LogP contribution in [0.1, 0.15) is 0 Å². The Balaban J connectivity index is 3.00. The van der Waals surface area contributed by atoms with Crippen LogP contribution in [0.15, 0.2) is 24.0 Å². The van der Waals surface area contributed by atoms with Crippen molar-refractivity contribution >= 4 is 8.19 Å². The van der Waals surface area contributed by atoms with Crippen molar-refractivity contribution in [3.63, 3.8) is 0 Å². The maximum absolute atomic E-state index is 2.99. The summed E-state index contributed by atoms with van der Waals surface area (Å²) in [5, 5.41) is 0. The zero-order chi connectivity index (χ0) is 4.24. The van der Waals surface area contributed by atoms with Gasteiger partial charge in [-0.25, -0.2) is 0 Å². The minimum atomic E-state index is 1.18. The molecule has 1 aromatic rings. The zero-order valence-electron chi connectivity index (χ0n) is 3.26. The fourth-order valence-corrected chi connectivity index (χ4v) is 0.721. The van der Waals surface area contributed by atoms with Gasteiger partial charge in [-0.3, -0.25) is 0 Å². The molecule has 28 valence electrons. The van der Waals surface area contributed by atoms with Crippen molar-refractivity contribution in [3.8, 4) is 0 Å². The summed E-state index contributed by atoms with van der Waals surface area (Å²) in [7, 11) is 1.18. The summed E-state index contributed by atoms with van der Waals surface area (Å²) in [5.74, 6) is 5.03. The molecule has 0 aromatic carbocycles. The predicted octanol–water partition coefficient (Wildman–Crippen LogP) is 2.07. The molecule has 0 nitrogen and oxygen atoms in total. The minimum absolute atomic E-state index is 1.18. The van der Waals surface area contributed by atoms with E-state index in [1.54, 1.807) is 0 Å². The van der Waals surface area contributed by atoms with Crippen LogP contribution in [0.2, 0.25) is 0 Å². The fraction of sp³-hybridized carbons (Fsp3) is 0. The molecule has 6 heavy (non-hydrogen) atoms. The molecule has 0 unspecified atom stereocenters. The van der Waals surface area contributed by atoms with Gasteiger partial charge in [0.05, 0.1) is 0 Å². The van der Waals surface area contributed by atoms with Crippen LogP contribution in [0, 0.1) is 5.80 Å². The van der Waals surface area contributed by atoms with Crippen molar-refractivity contribution in [1.29, 1.82) is 0 Å². The van der Waals surface area contributed by atoms with Crippen LogP contribution < -0.4 is 0 Å². The van der Waals surface area contributed by atoms with Crippen molar-refractivity contribution in [1.82, 2.24) is 0 Å². The van der Waals surface area contributed by atoms with Gasteiger partial charge in [-0.1, -0.05) is 0 Å². The maximum atomic E-state index is 2.99. The third-order valence-corrected chi connectivity index (χ3v) is 1.14. The van der Waals surface area contributed by atoms with E-state index in [-0.39, 0.29) is 0 Å². The molecule has 0 atom stereocenters. The van der Waals surface area contributed by atoms with Crippen LogP contribution in [0.4, 0.5) is 0 Å². The van der Waals surface area contributed by atoms with E-state index in [1.807, 2.05) is 24.0 Å². The molecule has 0 aliphatic heterocycles. The monoisotopic (exact) mass is 95.0 g/mol. The molecule has 0 bridgehead atoms. The van der Waals surface area contributed by atoms with Crippen molar-refractivity contribution in [2.75, 3.05) is 0 Å². The van der Waals surface area contributed by atoms with Gasteiger partial charge in [-0.15, -0.1) is 0 Å². The average molecular weight is 95.1 g/mol. The molecule has 0 aliphatic carbocycles. The van der Waals surface area contributed by atoms with Gasteiger partial charge in [0.15, 0.2) is 0 Å². The SMILES string of the molecule is c1cccc[p+]#1. The fourth-order valence-electron chi connectivity index (χ4n) is 0.277. The van der Waals surface area contributed by atoms with Crippen LogP contribution in [0.3, 0.4) is 0 Å². The molecule has 1 heterocycles. The molecule has 1 heteroatoms. The Morgan fingerprint density at radius 1 is 1.33 bits per heavy atom. The van der Waals surface area contributed by atoms with Gasteiger partial charge >= 0.3 is 38.0 Å². The molecule has 0 saturated heterocycles. The third-order valence-electron chi connectivity index (χ3n) is 0.517. The van der Waals surface area contributed by atoms with E-state index in [4.69, 9.17) is 0 Å². The molecule has 0 spiro atoms. The molecule has 0 aliphatic rings. The first kappa shape index (κ1) is 3.87. The van der Waals surface area contributed by atoms with Crippen LogP contribution >= 0.6 is 8.19 Å². The second kappa shape index (κ2) is 1.97. The first-order chi connectivity index (χ1) is 3.00. The second-order valence-electron chi connectivity index (χ2n) is 0.959. The summed E-state index contributed by atoms with van der Waals surface area (Å²) >= 11 is 0. The van der Waals surface area contributed by atoms with Crippen molar-refractivity contribution < 1.29 is 0 Å². The van der Waals surface area contributed by atoms with E-state index >= 15 is 0 Å². The topological polar surface area (TPSA) is 0 Å². The average Bonchev–Trinajstić information content (AvgIpc) is 1.72. The van der Waals surface area contributed by atoms with Crippen molar-refractivity contribution in [2.24, 2.45) is 0 Å². The zero-order valence-corrected chi connectivity index (χ0v) is 4.15. The predicted molar refractivity (Wildman–Crippen MR) is 27.8 cm³/mol. The Labute approximate surface area is 38.9 Å². The van der Waals surface area contributed by atoms with Gasteiger partial charge in [0.25, 0.3) is 0 Å². The Kier molecular flexibility index (Phi) is 1.27. The molecular formula is C5H4P+. The van der Waals surface area contributed by atoms with Gasteiger partial charge in [-0.05, 0) is 0 Å². The quantitative estimate of drug-likeness (QED) is 0.462. The number of rotatable bonds is 0. The Bertz CT molecular complexity index is 75.9. The molecule has 0 amide bonds. The van der Waals surface area contributed by atoms with Gasteiger partial charge in [0, 0.05) is 0 Å². The number of hydrogen-bond acceptors (Lipinski definition) is 0. The van der Waals surface area contributed by atoms with Gasteiger partial charge in [0.2, 0.25) is 0 Å². The summed E-state index contributed by atoms with van der Waals surface area (Å²) in [6.45, 7) is 0. The van der Waals surface area contributed by atoms with E-state index < -0.39 is 0 Å². The second-order valence-corrected chi connectivity index (χ2v) is 1.77. The van der Waals surface area contributed by atoms with E-state index in [0.29, 0.717) is 0 Å². The summed E-state index contributed by atoms with van der Waals surface area (Å²) < 4.78 is 0. The first-order valence-electron chi connectivity index (χ1n) is 1.77. The molecule has 0 radical (unpaired) electrons. The van der Waals surface area contributed by atoms with Gasteiger partial charge in [-0.2, -0.15) is 0 Å². The van der Waals surface area contributed by atoms with E-state index in [9.17, 15) is 0 Å². The molecular weight excluding hydrogens is 91.0 g/mol. The Morgan fingerprint density at radius 3 is 2.50 bits per heavy atom. The Morgan fingerprint density at radius 2 is 2.33 bits per heavy atom. The van der Waals surface area contributed by atoms with Crippen LogP contribution in [-0.2, 0) is 0 Å². The van der Waals surface area contributed by atoms with E-state index in [2.05, 4.69) is 5.80 Å².